The number of nitrogens with zero attached hydrogens (tertiary/aromatic N) is 10. The van der Waals surface area contributed by atoms with E-state index in [4.69, 9.17) is 16.4 Å². The fourth-order valence-electron chi connectivity index (χ4n) is 8.86. The molecule has 0 spiro atoms. The number of aryl methyl sites for hydroxylation is 4. The lowest BCUT2D eigenvalue weighted by Gasteiger charge is -2.32. The molecule has 16 nitrogen and oxygen atoms in total. The Morgan fingerprint density at radius 2 is 1.01 bits per heavy atom. The number of benzene rings is 4. The molecule has 2 aliphatic rings. The Morgan fingerprint density at radius 3 is 1.45 bits per heavy atom. The molecule has 6 heterocycles. The summed E-state index contributed by atoms with van der Waals surface area (Å²) in [6.45, 7) is 12.4. The van der Waals surface area contributed by atoms with Gasteiger partial charge in [-0.3, -0.25) is 0 Å². The third-order valence-corrected chi connectivity index (χ3v) is 19.5. The molecule has 4 aromatic heterocycles. The number of imidazole rings is 2. The third-order valence-electron chi connectivity index (χ3n) is 13.3. The summed E-state index contributed by atoms with van der Waals surface area (Å²) >= 11 is 2.33. The molecule has 408 valence electrons. The fourth-order valence-corrected chi connectivity index (χ4v) is 13.2. The van der Waals surface area contributed by atoms with E-state index >= 15 is 0 Å². The van der Waals surface area contributed by atoms with Crippen LogP contribution in [0.1, 0.15) is 48.2 Å². The summed E-state index contributed by atoms with van der Waals surface area (Å²) in [5, 5.41) is 1.46. The normalized spacial score (nSPS) is 15.3. The van der Waals surface area contributed by atoms with Crippen LogP contribution in [0.25, 0.3) is 22.5 Å². The Kier molecular flexibility index (Phi) is 19.4. The molecular weight excluding hydrogens is 1080 g/mol. The molecule has 2 fully saturated rings. The number of hydrogen-bond acceptors (Lipinski definition) is 15. The summed E-state index contributed by atoms with van der Waals surface area (Å²) in [6.07, 6.45) is 11.6. The first-order valence-corrected chi connectivity index (χ1v) is 30.5. The maximum absolute atomic E-state index is 13.3. The highest BCUT2D eigenvalue weighted by Gasteiger charge is 2.26. The number of nitrogens with one attached hydrogen (secondary N) is 1. The zero-order chi connectivity index (χ0) is 54.7. The summed E-state index contributed by atoms with van der Waals surface area (Å²) in [4.78, 5) is 25.8. The van der Waals surface area contributed by atoms with Gasteiger partial charge in [-0.15, -0.1) is 0 Å². The minimum absolute atomic E-state index is 0.0355. The van der Waals surface area contributed by atoms with E-state index in [1.54, 1.807) is 24.7 Å². The van der Waals surface area contributed by atoms with Gasteiger partial charge in [0.25, 0.3) is 19.1 Å². The second kappa shape index (κ2) is 26.1. The first-order chi connectivity index (χ1) is 36.9. The number of sulfonamides is 1. The summed E-state index contributed by atoms with van der Waals surface area (Å²) in [5.74, 6) is -0.459. The second-order valence-electron chi connectivity index (χ2n) is 18.9. The van der Waals surface area contributed by atoms with Gasteiger partial charge in [-0.1, -0.05) is 95.5 Å². The van der Waals surface area contributed by atoms with Gasteiger partial charge in [0, 0.05) is 99.3 Å². The van der Waals surface area contributed by atoms with Gasteiger partial charge in [0.2, 0.25) is 0 Å². The maximum atomic E-state index is 13.3. The van der Waals surface area contributed by atoms with Crippen LogP contribution in [0.3, 0.4) is 0 Å². The highest BCUT2D eigenvalue weighted by Crippen LogP contribution is 2.33. The highest BCUT2D eigenvalue weighted by atomic mass is 35.7. The quantitative estimate of drug-likeness (QED) is 0.0877. The molecule has 10 rings (SSSR count). The van der Waals surface area contributed by atoms with E-state index in [1.165, 1.54) is 48.0 Å². The number of aromatic nitrogens is 6. The molecule has 0 saturated carbocycles. The maximum Gasteiger partial charge on any atom is 0.272 e. The van der Waals surface area contributed by atoms with Crippen molar-refractivity contribution < 1.29 is 25.6 Å². The average molecular weight is 1150 g/mol. The monoisotopic (exact) mass is 1140 g/mol. The van der Waals surface area contributed by atoms with Crippen molar-refractivity contribution in [1.82, 2.24) is 43.6 Å². The summed E-state index contributed by atoms with van der Waals surface area (Å²) in [7, 11) is 1.99. The Bertz CT molecular complexity index is 3390. The van der Waals surface area contributed by atoms with E-state index < -0.39 is 25.1 Å². The molecule has 23 heteroatoms. The number of likely N-dealkylation sites (N-methyl/N-ethyl adjacent to an activating group) is 2. The van der Waals surface area contributed by atoms with Crippen molar-refractivity contribution in [1.29, 1.82) is 0 Å². The van der Waals surface area contributed by atoms with Crippen LogP contribution in [0.5, 0.6) is 0 Å². The standard InChI is InChI=1S/C27H31FN6O2S2.C19H20FN3.C8H12ClN3O2S2/c1-20(31-38(35,36)26-18-30-27(37-26)33-15-13-32(2)14-16-33)23-5-3-4-6-24(23)25-17-29-19-34(25)12-11-21-7-9-22(28)10-8-21;1-14(21)17-4-2-3-5-18(17)19-12-22-13-23(19)11-10-15-6-8-16(20)9-7-15;1-11-2-4-12(5-3-11)8-10-6-7(15-8)16(9,13)14/h3-10,17-20,31H,11-16H2,1-2H3;2-9,12-14H,10-11,21H2,1H3;6H,2-5H2,1H3. The van der Waals surface area contributed by atoms with Gasteiger partial charge in [-0.05, 0) is 87.3 Å². The summed E-state index contributed by atoms with van der Waals surface area (Å²) in [6, 6.07) is 28.5. The van der Waals surface area contributed by atoms with Crippen molar-refractivity contribution in [2.24, 2.45) is 5.73 Å². The van der Waals surface area contributed by atoms with Gasteiger partial charge in [0.05, 0.1) is 48.8 Å². The molecule has 4 aromatic carbocycles. The molecule has 2 aliphatic heterocycles. The average Bonchev–Trinajstić information content (AvgIpc) is 4.29. The molecule has 2 atom stereocenters. The van der Waals surface area contributed by atoms with Crippen LogP contribution >= 0.6 is 33.4 Å². The zero-order valence-electron chi connectivity index (χ0n) is 43.3. The minimum atomic E-state index is -3.77. The lowest BCUT2D eigenvalue weighted by Crippen LogP contribution is -2.44. The number of rotatable bonds is 16. The number of piperazine rings is 2. The Labute approximate surface area is 462 Å². The van der Waals surface area contributed by atoms with Gasteiger partial charge in [0.15, 0.2) is 18.7 Å². The van der Waals surface area contributed by atoms with Crippen molar-refractivity contribution in [2.45, 2.75) is 60.3 Å². The SMILES string of the molecule is CC(N)c1ccccc1-c1cncn1CCc1ccc(F)cc1.CC(NS(=O)(=O)c1cnc(N2CCN(C)CC2)s1)c1ccccc1-c1cncn1CCc1ccc(F)cc1.CN1CCN(c2ncc(S(=O)(=O)Cl)s2)CC1. The largest absolute Gasteiger partial charge is 0.345 e. The molecule has 2 unspecified atom stereocenters. The van der Waals surface area contributed by atoms with Crippen LogP contribution in [0, 0.1) is 11.6 Å². The molecule has 0 amide bonds. The van der Waals surface area contributed by atoms with Crippen LogP contribution in [0.4, 0.5) is 19.0 Å². The van der Waals surface area contributed by atoms with Gasteiger partial charge in [0.1, 0.15) is 11.6 Å². The van der Waals surface area contributed by atoms with Crippen molar-refractivity contribution in [3.63, 3.8) is 0 Å². The van der Waals surface area contributed by atoms with E-state index in [2.05, 4.69) is 75.1 Å². The van der Waals surface area contributed by atoms with E-state index in [0.717, 1.165) is 138 Å². The zero-order valence-corrected chi connectivity index (χ0v) is 47.3. The molecule has 0 aliphatic carbocycles. The van der Waals surface area contributed by atoms with Crippen LogP contribution in [-0.2, 0) is 45.0 Å². The summed E-state index contributed by atoms with van der Waals surface area (Å²) < 4.78 is 82.3. The second-order valence-corrected chi connectivity index (χ2v) is 25.7. The molecule has 3 N–H and O–H groups in total. The number of halogens is 3. The minimum Gasteiger partial charge on any atom is -0.345 e. The Balaban J connectivity index is 0.000000170. The molecule has 8 aromatic rings. The highest BCUT2D eigenvalue weighted by molar-refractivity contribution is 8.15. The fraction of sp³-hybridized carbons (Fsp3) is 0.333. The van der Waals surface area contributed by atoms with Gasteiger partial charge in [-0.25, -0.2) is 50.3 Å². The number of anilines is 2. The predicted molar refractivity (Wildman–Crippen MR) is 304 cm³/mol. The molecule has 77 heavy (non-hydrogen) atoms. The van der Waals surface area contributed by atoms with E-state index in [9.17, 15) is 25.6 Å². The number of hydrogen-bond donors (Lipinski definition) is 2. The van der Waals surface area contributed by atoms with Crippen molar-refractivity contribution in [3.05, 3.63) is 168 Å². The molecule has 2 saturated heterocycles. The van der Waals surface area contributed by atoms with E-state index in [-0.39, 0.29) is 26.1 Å². The lowest BCUT2D eigenvalue weighted by atomic mass is 10.00. The molecular formula is C54H63ClF2N12O4S4. The number of nitrogens with two attached hydrogens (primary N) is 1. The molecule has 0 bridgehead atoms. The van der Waals surface area contributed by atoms with Crippen LogP contribution in [-0.4, -0.2) is 122 Å². The first-order valence-electron chi connectivity index (χ1n) is 25.1. The van der Waals surface area contributed by atoms with Crippen molar-refractivity contribution >= 4 is 62.7 Å². The van der Waals surface area contributed by atoms with Crippen molar-refractivity contribution in [3.8, 4) is 22.5 Å². The summed E-state index contributed by atoms with van der Waals surface area (Å²) in [5.41, 5.74) is 14.1. The first kappa shape index (κ1) is 57.2. The van der Waals surface area contributed by atoms with E-state index in [1.807, 2.05) is 79.5 Å². The van der Waals surface area contributed by atoms with Crippen LogP contribution < -0.4 is 20.3 Å². The topological polar surface area (TPSA) is 181 Å². The third kappa shape index (κ3) is 15.4. The van der Waals surface area contributed by atoms with Crippen LogP contribution in [0.2, 0.25) is 0 Å². The van der Waals surface area contributed by atoms with Gasteiger partial charge < -0.3 is 34.5 Å². The van der Waals surface area contributed by atoms with Crippen LogP contribution in [0.15, 0.2) is 143 Å². The Hall–Kier alpha value is -5.95. The van der Waals surface area contributed by atoms with E-state index in [0.29, 0.717) is 6.54 Å². The predicted octanol–water partition coefficient (Wildman–Crippen LogP) is 8.95. The lowest BCUT2D eigenvalue weighted by molar-refractivity contribution is 0.313. The smallest absolute Gasteiger partial charge is 0.272 e. The molecule has 0 radical (unpaired) electrons. The van der Waals surface area contributed by atoms with Gasteiger partial charge >= 0.3 is 0 Å². The number of thiazole rings is 2. The van der Waals surface area contributed by atoms with Crippen molar-refractivity contribution in [2.75, 3.05) is 76.3 Å². The Morgan fingerprint density at radius 1 is 0.597 bits per heavy atom. The van der Waals surface area contributed by atoms with Gasteiger partial charge in [-0.2, -0.15) is 0 Å².